The maximum atomic E-state index is 12.4. The van der Waals surface area contributed by atoms with Crippen LogP contribution >= 0.6 is 0 Å². The SMILES string of the molecule is O=C(O)c1cccc(CC2CCN(C(=O)C[C@@H]3CCS(=O)(=O)C3)CC2)c1. The van der Waals surface area contributed by atoms with E-state index in [2.05, 4.69) is 0 Å². The first-order chi connectivity index (χ1) is 12.3. The summed E-state index contributed by atoms with van der Waals surface area (Å²) in [5, 5.41) is 9.08. The highest BCUT2D eigenvalue weighted by molar-refractivity contribution is 7.91. The molecule has 0 saturated carbocycles. The summed E-state index contributed by atoms with van der Waals surface area (Å²) in [5.41, 5.74) is 1.33. The zero-order chi connectivity index (χ0) is 18.7. The van der Waals surface area contributed by atoms with Crippen LogP contribution in [0.1, 0.15) is 41.6 Å². The van der Waals surface area contributed by atoms with Crippen molar-refractivity contribution in [3.05, 3.63) is 35.4 Å². The van der Waals surface area contributed by atoms with Gasteiger partial charge in [0.2, 0.25) is 5.91 Å². The zero-order valence-corrected chi connectivity index (χ0v) is 15.6. The standard InChI is InChI=1S/C19H25NO5S/c21-18(12-16-6-9-26(24,25)13-16)20-7-4-14(5-8-20)10-15-2-1-3-17(11-15)19(22)23/h1-3,11,14,16H,4-10,12-13H2,(H,22,23)/t16-/m0/s1. The summed E-state index contributed by atoms with van der Waals surface area (Å²) in [7, 11) is -2.94. The largest absolute Gasteiger partial charge is 0.478 e. The molecule has 1 aromatic rings. The summed E-state index contributed by atoms with van der Waals surface area (Å²) in [6.07, 6.45) is 3.55. The molecule has 2 fully saturated rings. The molecule has 2 saturated heterocycles. The third-order valence-corrected chi connectivity index (χ3v) is 7.29. The van der Waals surface area contributed by atoms with Gasteiger partial charge in [0.15, 0.2) is 9.84 Å². The monoisotopic (exact) mass is 379 g/mol. The Morgan fingerprint density at radius 1 is 1.12 bits per heavy atom. The van der Waals surface area contributed by atoms with Crippen molar-refractivity contribution in [1.82, 2.24) is 4.90 Å². The summed E-state index contributed by atoms with van der Waals surface area (Å²) in [5.74, 6) is -0.0732. The predicted molar refractivity (Wildman–Crippen MR) is 97.8 cm³/mol. The lowest BCUT2D eigenvalue weighted by Gasteiger charge is -2.32. The minimum absolute atomic E-state index is 0.0241. The molecule has 2 aliphatic rings. The third-order valence-electron chi connectivity index (χ3n) is 5.46. The maximum absolute atomic E-state index is 12.4. The molecule has 0 spiro atoms. The van der Waals surface area contributed by atoms with Gasteiger partial charge in [-0.05, 0) is 55.2 Å². The molecule has 0 aliphatic carbocycles. The van der Waals surface area contributed by atoms with Crippen LogP contribution in [0.5, 0.6) is 0 Å². The van der Waals surface area contributed by atoms with E-state index in [4.69, 9.17) is 5.11 Å². The first-order valence-corrected chi connectivity index (χ1v) is 10.9. The van der Waals surface area contributed by atoms with Crippen LogP contribution in [0.4, 0.5) is 0 Å². The van der Waals surface area contributed by atoms with Gasteiger partial charge >= 0.3 is 5.97 Å². The predicted octanol–water partition coefficient (Wildman–Crippen LogP) is 1.99. The molecule has 2 heterocycles. The molecule has 0 unspecified atom stereocenters. The number of carbonyl (C=O) groups is 2. The molecular weight excluding hydrogens is 354 g/mol. The van der Waals surface area contributed by atoms with Crippen LogP contribution in [-0.4, -0.2) is 54.9 Å². The minimum atomic E-state index is -2.94. The fraction of sp³-hybridized carbons (Fsp3) is 0.579. The maximum Gasteiger partial charge on any atom is 0.335 e. The van der Waals surface area contributed by atoms with Gasteiger partial charge in [0.25, 0.3) is 0 Å². The summed E-state index contributed by atoms with van der Waals surface area (Å²) in [6.45, 7) is 1.39. The Bertz CT molecular complexity index is 781. The number of amides is 1. The highest BCUT2D eigenvalue weighted by Crippen LogP contribution is 2.26. The number of aromatic carboxylic acids is 1. The van der Waals surface area contributed by atoms with Crippen molar-refractivity contribution in [2.45, 2.75) is 32.1 Å². The van der Waals surface area contributed by atoms with Crippen molar-refractivity contribution in [2.24, 2.45) is 11.8 Å². The molecule has 26 heavy (non-hydrogen) atoms. The lowest BCUT2D eigenvalue weighted by molar-refractivity contribution is -0.133. The number of rotatable bonds is 5. The summed E-state index contributed by atoms with van der Waals surface area (Å²) in [4.78, 5) is 25.3. The molecule has 1 aromatic carbocycles. The number of piperidine rings is 1. The molecule has 3 rings (SSSR count). The van der Waals surface area contributed by atoms with Gasteiger partial charge < -0.3 is 10.0 Å². The van der Waals surface area contributed by atoms with Gasteiger partial charge in [-0.1, -0.05) is 12.1 Å². The minimum Gasteiger partial charge on any atom is -0.478 e. The molecule has 1 amide bonds. The second kappa shape index (κ2) is 7.78. The number of hydrogen-bond donors (Lipinski definition) is 1. The molecule has 0 radical (unpaired) electrons. The van der Waals surface area contributed by atoms with E-state index in [1.54, 1.807) is 18.2 Å². The van der Waals surface area contributed by atoms with Gasteiger partial charge in [-0.25, -0.2) is 13.2 Å². The second-order valence-corrected chi connectivity index (χ2v) is 9.74. The van der Waals surface area contributed by atoms with Crippen LogP contribution in [0.25, 0.3) is 0 Å². The van der Waals surface area contributed by atoms with E-state index in [1.165, 1.54) is 0 Å². The Hall–Kier alpha value is -1.89. The molecule has 6 nitrogen and oxygen atoms in total. The Labute approximate surface area is 154 Å². The van der Waals surface area contributed by atoms with E-state index in [0.29, 0.717) is 37.4 Å². The molecule has 1 atom stereocenters. The number of benzene rings is 1. The molecule has 1 N–H and O–H groups in total. The van der Waals surface area contributed by atoms with Crippen LogP contribution in [0.3, 0.4) is 0 Å². The third kappa shape index (κ3) is 4.84. The van der Waals surface area contributed by atoms with Crippen LogP contribution in [-0.2, 0) is 21.1 Å². The summed E-state index contributed by atoms with van der Waals surface area (Å²) < 4.78 is 23.0. The average molecular weight is 379 g/mol. The van der Waals surface area contributed by atoms with Crippen LogP contribution in [0.2, 0.25) is 0 Å². The molecule has 0 aromatic heterocycles. The van der Waals surface area contributed by atoms with Crippen molar-refractivity contribution >= 4 is 21.7 Å². The van der Waals surface area contributed by atoms with Gasteiger partial charge in [0.05, 0.1) is 17.1 Å². The summed E-state index contributed by atoms with van der Waals surface area (Å²) >= 11 is 0. The van der Waals surface area contributed by atoms with Crippen LogP contribution in [0.15, 0.2) is 24.3 Å². The van der Waals surface area contributed by atoms with Gasteiger partial charge in [0, 0.05) is 19.5 Å². The number of carboxylic acid groups (broad SMARTS) is 1. The number of nitrogens with zero attached hydrogens (tertiary/aromatic N) is 1. The van der Waals surface area contributed by atoms with E-state index in [9.17, 15) is 18.0 Å². The van der Waals surface area contributed by atoms with Crippen molar-refractivity contribution in [2.75, 3.05) is 24.6 Å². The number of sulfone groups is 1. The molecule has 7 heteroatoms. The normalized spacial score (nSPS) is 23.1. The van der Waals surface area contributed by atoms with E-state index in [0.717, 1.165) is 24.8 Å². The lowest BCUT2D eigenvalue weighted by atomic mass is 9.89. The van der Waals surface area contributed by atoms with E-state index < -0.39 is 15.8 Å². The quantitative estimate of drug-likeness (QED) is 0.845. The Balaban J connectivity index is 1.47. The Morgan fingerprint density at radius 2 is 1.85 bits per heavy atom. The second-order valence-electron chi connectivity index (χ2n) is 7.51. The van der Waals surface area contributed by atoms with Gasteiger partial charge in [0.1, 0.15) is 0 Å². The van der Waals surface area contributed by atoms with Gasteiger partial charge in [-0.15, -0.1) is 0 Å². The van der Waals surface area contributed by atoms with Crippen LogP contribution in [0, 0.1) is 11.8 Å². The number of hydrogen-bond acceptors (Lipinski definition) is 4. The van der Waals surface area contributed by atoms with Crippen molar-refractivity contribution in [3.63, 3.8) is 0 Å². The van der Waals surface area contributed by atoms with Gasteiger partial charge in [-0.3, -0.25) is 4.79 Å². The Morgan fingerprint density at radius 3 is 2.46 bits per heavy atom. The topological polar surface area (TPSA) is 91.8 Å². The molecule has 2 aliphatic heterocycles. The molecular formula is C19H25NO5S. The lowest BCUT2D eigenvalue weighted by Crippen LogP contribution is -2.39. The first-order valence-electron chi connectivity index (χ1n) is 9.13. The van der Waals surface area contributed by atoms with Crippen molar-refractivity contribution in [1.29, 1.82) is 0 Å². The highest BCUT2D eigenvalue weighted by atomic mass is 32.2. The fourth-order valence-electron chi connectivity index (χ4n) is 3.96. The number of carbonyl (C=O) groups excluding carboxylic acids is 1. The fourth-order valence-corrected chi connectivity index (χ4v) is 5.82. The number of likely N-dealkylation sites (tertiary alicyclic amines) is 1. The Kier molecular flexibility index (Phi) is 5.65. The van der Waals surface area contributed by atoms with Gasteiger partial charge in [-0.2, -0.15) is 0 Å². The summed E-state index contributed by atoms with van der Waals surface area (Å²) in [6, 6.07) is 7.04. The highest BCUT2D eigenvalue weighted by Gasteiger charge is 2.31. The first kappa shape index (κ1) is 18.9. The zero-order valence-electron chi connectivity index (χ0n) is 14.8. The number of carboxylic acids is 1. The van der Waals surface area contributed by atoms with Crippen molar-refractivity contribution in [3.8, 4) is 0 Å². The molecule has 0 bridgehead atoms. The average Bonchev–Trinajstić information content (AvgIpc) is 2.94. The van der Waals surface area contributed by atoms with Crippen LogP contribution < -0.4 is 0 Å². The van der Waals surface area contributed by atoms with E-state index in [1.807, 2.05) is 11.0 Å². The van der Waals surface area contributed by atoms with Crippen molar-refractivity contribution < 1.29 is 23.1 Å². The van der Waals surface area contributed by atoms with E-state index in [-0.39, 0.29) is 23.3 Å². The smallest absolute Gasteiger partial charge is 0.335 e. The van der Waals surface area contributed by atoms with E-state index >= 15 is 0 Å². The molecule has 142 valence electrons.